The fraction of sp³-hybridized carbons (Fsp3) is 0.615. The van der Waals surface area contributed by atoms with Crippen molar-refractivity contribution >= 4 is 11.4 Å². The highest BCUT2D eigenvalue weighted by atomic mass is 19.3. The first-order valence-corrected chi connectivity index (χ1v) is 11.4. The van der Waals surface area contributed by atoms with E-state index in [-0.39, 0.29) is 16.4 Å². The van der Waals surface area contributed by atoms with Crippen molar-refractivity contribution in [2.75, 3.05) is 0 Å². The van der Waals surface area contributed by atoms with Crippen molar-refractivity contribution < 1.29 is 13.6 Å². The van der Waals surface area contributed by atoms with Crippen LogP contribution in [0.15, 0.2) is 36.2 Å². The zero-order valence-electron chi connectivity index (χ0n) is 18.1. The summed E-state index contributed by atoms with van der Waals surface area (Å²) in [6.07, 6.45) is 10.9. The average molecular weight is 412 g/mol. The van der Waals surface area contributed by atoms with Crippen LogP contribution in [0.2, 0.25) is 0 Å². The third-order valence-electron chi connectivity index (χ3n) is 9.18. The lowest BCUT2D eigenvalue weighted by Crippen LogP contribution is -2.51. The first-order chi connectivity index (χ1) is 14.2. The molecule has 0 radical (unpaired) electrons. The molecule has 0 bridgehead atoms. The lowest BCUT2D eigenvalue weighted by Gasteiger charge is -2.59. The largest absolute Gasteiger partial charge is 0.295 e. The number of halogens is 2. The Kier molecular flexibility index (Phi) is 4.57. The van der Waals surface area contributed by atoms with Crippen molar-refractivity contribution in [1.29, 1.82) is 0 Å². The van der Waals surface area contributed by atoms with Crippen LogP contribution in [0.25, 0.3) is 5.57 Å². The minimum absolute atomic E-state index is 0.00888. The number of fused-ring (bicyclic) bond motifs is 5. The van der Waals surface area contributed by atoms with Crippen molar-refractivity contribution in [2.24, 2.45) is 34.5 Å². The van der Waals surface area contributed by atoms with Gasteiger partial charge in [-0.25, -0.2) is 8.78 Å². The lowest BCUT2D eigenvalue weighted by atomic mass is 9.45. The van der Waals surface area contributed by atoms with Crippen molar-refractivity contribution in [1.82, 2.24) is 4.98 Å². The maximum Gasteiger partial charge on any atom is 0.265 e. The number of pyridine rings is 1. The Morgan fingerprint density at radius 2 is 1.93 bits per heavy atom. The SMILES string of the molecule is CC1C[C@@H]2[C@H](CC[C@]3(C)C(c4cncc(C(F)F)c4)=CC[C@@H]23)[C@@]2(C)CCC(=O)C=C12. The summed E-state index contributed by atoms with van der Waals surface area (Å²) in [6.45, 7) is 7.05. The van der Waals surface area contributed by atoms with E-state index in [0.29, 0.717) is 35.9 Å². The highest BCUT2D eigenvalue weighted by Crippen LogP contribution is 2.67. The van der Waals surface area contributed by atoms with Crippen LogP contribution >= 0.6 is 0 Å². The van der Waals surface area contributed by atoms with Crippen LogP contribution in [0.1, 0.15) is 76.8 Å². The van der Waals surface area contributed by atoms with Gasteiger partial charge in [0.15, 0.2) is 5.78 Å². The molecule has 1 unspecified atom stereocenters. The summed E-state index contributed by atoms with van der Waals surface area (Å²) in [5.74, 6) is 2.51. The minimum atomic E-state index is -2.49. The van der Waals surface area contributed by atoms with Crippen molar-refractivity contribution in [3.05, 3.63) is 47.3 Å². The van der Waals surface area contributed by atoms with E-state index in [1.807, 2.05) is 6.08 Å². The molecule has 2 nitrogen and oxygen atoms in total. The zero-order chi connectivity index (χ0) is 21.3. The summed E-state index contributed by atoms with van der Waals surface area (Å²) in [5, 5.41) is 0. The fourth-order valence-electron chi connectivity index (χ4n) is 7.72. The molecule has 4 heteroatoms. The Bertz CT molecular complexity index is 950. The van der Waals surface area contributed by atoms with Gasteiger partial charge in [-0.05, 0) is 89.9 Å². The first-order valence-electron chi connectivity index (χ1n) is 11.4. The molecule has 6 atom stereocenters. The van der Waals surface area contributed by atoms with E-state index in [2.05, 4.69) is 31.8 Å². The summed E-state index contributed by atoms with van der Waals surface area (Å²) in [4.78, 5) is 16.3. The van der Waals surface area contributed by atoms with Crippen molar-refractivity contribution in [2.45, 2.75) is 65.7 Å². The maximum absolute atomic E-state index is 13.3. The predicted octanol–water partition coefficient (Wildman–Crippen LogP) is 6.79. The van der Waals surface area contributed by atoms with E-state index in [9.17, 15) is 13.6 Å². The number of carbonyl (C=O) groups excluding carboxylic acids is 1. The van der Waals surface area contributed by atoms with Crippen LogP contribution in [0, 0.1) is 34.5 Å². The number of aromatic nitrogens is 1. The van der Waals surface area contributed by atoms with Gasteiger partial charge in [-0.2, -0.15) is 0 Å². The number of carbonyl (C=O) groups is 1. The lowest BCUT2D eigenvalue weighted by molar-refractivity contribution is -0.117. The number of hydrogen-bond acceptors (Lipinski definition) is 2. The summed E-state index contributed by atoms with van der Waals surface area (Å²) >= 11 is 0. The molecule has 4 aliphatic carbocycles. The summed E-state index contributed by atoms with van der Waals surface area (Å²) in [6, 6.07) is 1.64. The second-order valence-corrected chi connectivity index (χ2v) is 10.6. The topological polar surface area (TPSA) is 30.0 Å². The van der Waals surface area contributed by atoms with Gasteiger partial charge in [0.2, 0.25) is 0 Å². The van der Waals surface area contributed by atoms with Crippen molar-refractivity contribution in [3.8, 4) is 0 Å². The molecule has 0 spiro atoms. The molecule has 160 valence electrons. The predicted molar refractivity (Wildman–Crippen MR) is 114 cm³/mol. The van der Waals surface area contributed by atoms with Gasteiger partial charge in [0, 0.05) is 24.4 Å². The Hall–Kier alpha value is -1.84. The van der Waals surface area contributed by atoms with Crippen LogP contribution in [-0.4, -0.2) is 10.8 Å². The van der Waals surface area contributed by atoms with Gasteiger partial charge in [0.05, 0.1) is 0 Å². The van der Waals surface area contributed by atoms with E-state index in [0.717, 1.165) is 37.7 Å². The number of rotatable bonds is 2. The second-order valence-electron chi connectivity index (χ2n) is 10.6. The molecule has 2 fully saturated rings. The Morgan fingerprint density at radius 3 is 2.70 bits per heavy atom. The van der Waals surface area contributed by atoms with Gasteiger partial charge in [-0.1, -0.05) is 32.4 Å². The maximum atomic E-state index is 13.3. The van der Waals surface area contributed by atoms with Crippen molar-refractivity contribution in [3.63, 3.8) is 0 Å². The van der Waals surface area contributed by atoms with E-state index in [1.165, 1.54) is 17.3 Å². The second kappa shape index (κ2) is 6.83. The zero-order valence-corrected chi connectivity index (χ0v) is 18.1. The van der Waals surface area contributed by atoms with Gasteiger partial charge < -0.3 is 0 Å². The summed E-state index contributed by atoms with van der Waals surface area (Å²) < 4.78 is 26.5. The van der Waals surface area contributed by atoms with E-state index in [1.54, 1.807) is 12.3 Å². The van der Waals surface area contributed by atoms with Gasteiger partial charge in [0.25, 0.3) is 6.43 Å². The van der Waals surface area contributed by atoms with Crippen LogP contribution < -0.4 is 0 Å². The molecule has 30 heavy (non-hydrogen) atoms. The fourth-order valence-corrected chi connectivity index (χ4v) is 7.72. The quantitative estimate of drug-likeness (QED) is 0.536. The minimum Gasteiger partial charge on any atom is -0.295 e. The number of ketones is 1. The molecular formula is C26H31F2NO. The molecule has 1 aromatic heterocycles. The highest BCUT2D eigenvalue weighted by molar-refractivity contribution is 5.91. The smallest absolute Gasteiger partial charge is 0.265 e. The molecule has 0 aromatic carbocycles. The monoisotopic (exact) mass is 411 g/mol. The molecule has 2 saturated carbocycles. The molecule has 0 aliphatic heterocycles. The van der Waals surface area contributed by atoms with E-state index in [4.69, 9.17) is 0 Å². The summed E-state index contributed by atoms with van der Waals surface area (Å²) in [7, 11) is 0. The normalized spacial score (nSPS) is 40.4. The number of nitrogens with zero attached hydrogens (tertiary/aromatic N) is 1. The molecule has 0 N–H and O–H groups in total. The van der Waals surface area contributed by atoms with Gasteiger partial charge in [0.1, 0.15) is 0 Å². The van der Waals surface area contributed by atoms with Crippen LogP contribution in [0.3, 0.4) is 0 Å². The van der Waals surface area contributed by atoms with Gasteiger partial charge in [-0.3, -0.25) is 9.78 Å². The average Bonchev–Trinajstić information content (AvgIpc) is 3.07. The third kappa shape index (κ3) is 2.78. The summed E-state index contributed by atoms with van der Waals surface area (Å²) in [5.41, 5.74) is 3.65. The molecular weight excluding hydrogens is 380 g/mol. The van der Waals surface area contributed by atoms with Gasteiger partial charge >= 0.3 is 0 Å². The van der Waals surface area contributed by atoms with Crippen LogP contribution in [0.4, 0.5) is 8.78 Å². The highest BCUT2D eigenvalue weighted by Gasteiger charge is 2.58. The standard InChI is InChI=1S/C26H31F2NO/c1-15-10-19-21-5-4-20(16-11-17(24(27)28)14-29-13-16)25(21,2)9-7-22(19)26(3)8-6-18(30)12-23(15)26/h4,11-15,19,21-22,24H,5-10H2,1-3H3/t15?,19-,21-,22-,25+,26+/m0/s1. The molecule has 5 rings (SSSR count). The molecule has 4 aliphatic rings. The van der Waals surface area contributed by atoms with Gasteiger partial charge in [-0.15, -0.1) is 0 Å². The van der Waals surface area contributed by atoms with Crippen LogP contribution in [0.5, 0.6) is 0 Å². The Morgan fingerprint density at radius 1 is 1.13 bits per heavy atom. The number of alkyl halides is 2. The molecule has 0 amide bonds. The number of hydrogen-bond donors (Lipinski definition) is 0. The molecule has 0 saturated heterocycles. The molecule has 1 aromatic rings. The van der Waals surface area contributed by atoms with Crippen LogP contribution in [-0.2, 0) is 4.79 Å². The number of allylic oxidation sites excluding steroid dienone is 4. The molecule has 1 heterocycles. The Balaban J connectivity index is 1.48. The van der Waals surface area contributed by atoms with E-state index < -0.39 is 6.43 Å². The third-order valence-corrected chi connectivity index (χ3v) is 9.18. The van der Waals surface area contributed by atoms with E-state index >= 15 is 0 Å². The Labute approximate surface area is 177 Å². The first kappa shape index (κ1) is 20.1.